The average molecular weight is 146 g/mol. The second kappa shape index (κ2) is 6.58. The molecule has 0 aromatic carbocycles. The molecule has 0 saturated carbocycles. The Bertz CT molecular complexity index is 99.0. The molecule has 0 unspecified atom stereocenters. The monoisotopic (exact) mass is 146 g/mol. The van der Waals surface area contributed by atoms with Crippen LogP contribution < -0.4 is 0 Å². The molecule has 3 heteroatoms. The standard InChI is InChI=1S/C7H14O3/c1-8-5-4-7(10-3)6-9-2/h4H,5-6H2,1-3H3/b7-4+. The predicted molar refractivity (Wildman–Crippen MR) is 38.8 cm³/mol. The van der Waals surface area contributed by atoms with Crippen LogP contribution in [0.3, 0.4) is 0 Å². The van der Waals surface area contributed by atoms with Crippen molar-refractivity contribution in [1.82, 2.24) is 0 Å². The van der Waals surface area contributed by atoms with E-state index in [4.69, 9.17) is 14.2 Å². The van der Waals surface area contributed by atoms with E-state index in [1.54, 1.807) is 21.3 Å². The minimum atomic E-state index is 0.500. The van der Waals surface area contributed by atoms with Crippen LogP contribution in [-0.2, 0) is 14.2 Å². The molecular weight excluding hydrogens is 132 g/mol. The zero-order chi connectivity index (χ0) is 7.82. The third-order valence-corrected chi connectivity index (χ3v) is 1.03. The Labute approximate surface area is 61.6 Å². The van der Waals surface area contributed by atoms with Gasteiger partial charge in [-0.2, -0.15) is 0 Å². The molecule has 0 N–H and O–H groups in total. The summed E-state index contributed by atoms with van der Waals surface area (Å²) in [5.74, 6) is 0.796. The Morgan fingerprint density at radius 2 is 1.90 bits per heavy atom. The van der Waals surface area contributed by atoms with Crippen molar-refractivity contribution in [3.63, 3.8) is 0 Å². The molecular formula is C7H14O3. The first-order valence-corrected chi connectivity index (χ1v) is 3.06. The zero-order valence-corrected chi connectivity index (χ0v) is 6.72. The fraction of sp³-hybridized carbons (Fsp3) is 0.714. The minimum absolute atomic E-state index is 0.500. The molecule has 0 spiro atoms. The van der Waals surface area contributed by atoms with E-state index in [2.05, 4.69) is 0 Å². The molecule has 0 aliphatic heterocycles. The second-order valence-corrected chi connectivity index (χ2v) is 1.76. The smallest absolute Gasteiger partial charge is 0.119 e. The van der Waals surface area contributed by atoms with Crippen LogP contribution in [0.5, 0.6) is 0 Å². The molecule has 0 amide bonds. The maximum absolute atomic E-state index is 4.95. The maximum atomic E-state index is 4.95. The molecule has 0 fully saturated rings. The first kappa shape index (κ1) is 9.46. The van der Waals surface area contributed by atoms with Crippen LogP contribution in [0.25, 0.3) is 0 Å². The number of methoxy groups -OCH3 is 3. The quantitative estimate of drug-likeness (QED) is 0.537. The van der Waals surface area contributed by atoms with Gasteiger partial charge in [-0.25, -0.2) is 0 Å². The molecule has 3 nitrogen and oxygen atoms in total. The molecule has 60 valence electrons. The number of hydrogen-bond donors (Lipinski definition) is 0. The highest BCUT2D eigenvalue weighted by atomic mass is 16.5. The van der Waals surface area contributed by atoms with Gasteiger partial charge in [0.15, 0.2) is 0 Å². The van der Waals surface area contributed by atoms with Gasteiger partial charge < -0.3 is 14.2 Å². The van der Waals surface area contributed by atoms with E-state index in [1.165, 1.54) is 0 Å². The topological polar surface area (TPSA) is 27.7 Å². The van der Waals surface area contributed by atoms with Crippen LogP contribution in [-0.4, -0.2) is 34.5 Å². The van der Waals surface area contributed by atoms with Gasteiger partial charge in [0.1, 0.15) is 12.4 Å². The molecule has 0 bridgehead atoms. The van der Waals surface area contributed by atoms with Crippen LogP contribution >= 0.6 is 0 Å². The first-order chi connectivity index (χ1) is 4.85. The predicted octanol–water partition coefficient (Wildman–Crippen LogP) is 0.809. The molecule has 0 aliphatic rings. The van der Waals surface area contributed by atoms with E-state index in [0.717, 1.165) is 5.76 Å². The van der Waals surface area contributed by atoms with E-state index in [1.807, 2.05) is 6.08 Å². The summed E-state index contributed by atoms with van der Waals surface area (Å²) in [6.07, 6.45) is 1.84. The van der Waals surface area contributed by atoms with Gasteiger partial charge >= 0.3 is 0 Å². The van der Waals surface area contributed by atoms with Crippen molar-refractivity contribution in [2.24, 2.45) is 0 Å². The lowest BCUT2D eigenvalue weighted by molar-refractivity contribution is 0.153. The maximum Gasteiger partial charge on any atom is 0.119 e. The fourth-order valence-corrected chi connectivity index (χ4v) is 0.520. The van der Waals surface area contributed by atoms with Gasteiger partial charge in [0.05, 0.1) is 13.7 Å². The zero-order valence-electron chi connectivity index (χ0n) is 6.72. The van der Waals surface area contributed by atoms with Crippen molar-refractivity contribution >= 4 is 0 Å². The third-order valence-electron chi connectivity index (χ3n) is 1.03. The summed E-state index contributed by atoms with van der Waals surface area (Å²) in [7, 11) is 4.87. The molecule has 0 aromatic rings. The van der Waals surface area contributed by atoms with Crippen LogP contribution in [0.4, 0.5) is 0 Å². The summed E-state index contributed by atoms with van der Waals surface area (Å²) in [6, 6.07) is 0. The van der Waals surface area contributed by atoms with Crippen LogP contribution in [0.2, 0.25) is 0 Å². The summed E-state index contributed by atoms with van der Waals surface area (Å²) in [5.41, 5.74) is 0. The third kappa shape index (κ3) is 4.35. The van der Waals surface area contributed by atoms with Crippen LogP contribution in [0.1, 0.15) is 0 Å². The van der Waals surface area contributed by atoms with Crippen molar-refractivity contribution in [2.45, 2.75) is 0 Å². The van der Waals surface area contributed by atoms with Crippen molar-refractivity contribution in [3.8, 4) is 0 Å². The lowest BCUT2D eigenvalue weighted by Crippen LogP contribution is -1.98. The highest BCUT2D eigenvalue weighted by molar-refractivity contribution is 4.92. The van der Waals surface area contributed by atoms with E-state index < -0.39 is 0 Å². The van der Waals surface area contributed by atoms with Gasteiger partial charge in [-0.3, -0.25) is 0 Å². The lowest BCUT2D eigenvalue weighted by atomic mass is 10.5. The average Bonchev–Trinajstić information content (AvgIpc) is 1.98. The van der Waals surface area contributed by atoms with Gasteiger partial charge in [0.25, 0.3) is 0 Å². The van der Waals surface area contributed by atoms with E-state index in [0.29, 0.717) is 13.2 Å². The molecule has 0 saturated heterocycles. The van der Waals surface area contributed by atoms with Crippen LogP contribution in [0, 0.1) is 0 Å². The lowest BCUT2D eigenvalue weighted by Gasteiger charge is -2.03. The summed E-state index contributed by atoms with van der Waals surface area (Å²) >= 11 is 0. The summed E-state index contributed by atoms with van der Waals surface area (Å²) in [6.45, 7) is 1.06. The van der Waals surface area contributed by atoms with Gasteiger partial charge in [-0.1, -0.05) is 0 Å². The Morgan fingerprint density at radius 1 is 1.20 bits per heavy atom. The van der Waals surface area contributed by atoms with Crippen molar-refractivity contribution in [3.05, 3.63) is 11.8 Å². The summed E-state index contributed by atoms with van der Waals surface area (Å²) in [4.78, 5) is 0. The van der Waals surface area contributed by atoms with Gasteiger partial charge in [0, 0.05) is 14.2 Å². The van der Waals surface area contributed by atoms with Crippen molar-refractivity contribution in [2.75, 3.05) is 34.5 Å². The minimum Gasteiger partial charge on any atom is -0.499 e. The van der Waals surface area contributed by atoms with Crippen molar-refractivity contribution in [1.29, 1.82) is 0 Å². The number of hydrogen-bond acceptors (Lipinski definition) is 3. The van der Waals surface area contributed by atoms with Crippen LogP contribution in [0.15, 0.2) is 11.8 Å². The molecule has 0 rings (SSSR count). The van der Waals surface area contributed by atoms with Gasteiger partial charge in [-0.15, -0.1) is 0 Å². The van der Waals surface area contributed by atoms with E-state index >= 15 is 0 Å². The Kier molecular flexibility index (Phi) is 6.22. The molecule has 0 heterocycles. The molecule has 0 aliphatic carbocycles. The number of ether oxygens (including phenoxy) is 3. The first-order valence-electron chi connectivity index (χ1n) is 3.06. The normalized spacial score (nSPS) is 11.7. The van der Waals surface area contributed by atoms with Gasteiger partial charge in [-0.05, 0) is 6.08 Å². The summed E-state index contributed by atoms with van der Waals surface area (Å²) < 4.78 is 14.6. The summed E-state index contributed by atoms with van der Waals surface area (Å²) in [5, 5.41) is 0. The molecule has 0 atom stereocenters. The Hall–Kier alpha value is -0.540. The second-order valence-electron chi connectivity index (χ2n) is 1.76. The highest BCUT2D eigenvalue weighted by Crippen LogP contribution is 1.94. The molecule has 0 radical (unpaired) electrons. The van der Waals surface area contributed by atoms with E-state index in [9.17, 15) is 0 Å². The number of rotatable bonds is 5. The fourth-order valence-electron chi connectivity index (χ4n) is 0.520. The van der Waals surface area contributed by atoms with Gasteiger partial charge in [0.2, 0.25) is 0 Å². The van der Waals surface area contributed by atoms with E-state index in [-0.39, 0.29) is 0 Å². The molecule has 10 heavy (non-hydrogen) atoms. The molecule has 0 aromatic heterocycles. The Morgan fingerprint density at radius 3 is 2.30 bits per heavy atom. The largest absolute Gasteiger partial charge is 0.499 e. The van der Waals surface area contributed by atoms with Crippen molar-refractivity contribution < 1.29 is 14.2 Å². The SMILES string of the molecule is COC/C=C(\COC)OC. The highest BCUT2D eigenvalue weighted by Gasteiger charge is 1.91. The Balaban J connectivity index is 3.55.